The van der Waals surface area contributed by atoms with Gasteiger partial charge in [0, 0.05) is 0 Å². The maximum absolute atomic E-state index is 2.23. The van der Waals surface area contributed by atoms with Crippen LogP contribution in [0.15, 0.2) is 0 Å². The van der Waals surface area contributed by atoms with Crippen molar-refractivity contribution in [3.8, 4) is 0 Å². The summed E-state index contributed by atoms with van der Waals surface area (Å²) in [6.45, 7) is 2.23. The maximum atomic E-state index is 2.23. The Bertz CT molecular complexity index is 83.9. The van der Waals surface area contributed by atoms with Crippen molar-refractivity contribution < 1.29 is 0 Å². The summed E-state index contributed by atoms with van der Waals surface area (Å²) in [6.07, 6.45) is 0. The van der Waals surface area contributed by atoms with Crippen molar-refractivity contribution in [1.29, 1.82) is 0 Å². The van der Waals surface area contributed by atoms with Gasteiger partial charge >= 0.3 is 0 Å². The van der Waals surface area contributed by atoms with Gasteiger partial charge in [0.1, 0.15) is 0 Å². The number of hydrogen-bond donors (Lipinski definition) is 0. The second kappa shape index (κ2) is 0.498. The van der Waals surface area contributed by atoms with Gasteiger partial charge in [-0.25, -0.2) is 0 Å². The van der Waals surface area contributed by atoms with Gasteiger partial charge in [-0.1, -0.05) is 0 Å². The Morgan fingerprint density at radius 1 is 1.50 bits per heavy atom. The van der Waals surface area contributed by atoms with E-state index in [1.54, 1.807) is 0 Å². The molecule has 0 amide bonds. The lowest BCUT2D eigenvalue weighted by atomic mass is 11.0. The molecule has 0 aliphatic carbocycles. The van der Waals surface area contributed by atoms with E-state index >= 15 is 0 Å². The van der Waals surface area contributed by atoms with E-state index in [0.29, 0.717) is 7.17 Å². The summed E-state index contributed by atoms with van der Waals surface area (Å²) in [4.78, 5) is 0. The third-order valence-corrected chi connectivity index (χ3v) is 1.34. The third-order valence-electron chi connectivity index (χ3n) is 0.447. The minimum atomic E-state index is 0.380. The van der Waals surface area contributed by atoms with Crippen LogP contribution in [0.25, 0.3) is 0 Å². The fourth-order valence-electron chi connectivity index (χ4n) is 0.0667. The number of hydrogen-bond acceptors (Lipinski definition) is 0. The van der Waals surface area contributed by atoms with Gasteiger partial charge in [0.05, 0.1) is 0 Å². The fourth-order valence-corrected chi connectivity index (χ4v) is 0.600. The normalized spacial score (nSPS) is 17.8. The molecule has 1 heterocycles. The molecule has 0 aromatic heterocycles. The highest BCUT2D eigenvalue weighted by Gasteiger charge is 1.73. The zero-order chi connectivity index (χ0) is 2.99. The fraction of sp³-hybridized carbons (Fsp3) is 0.333. The molecule has 0 nitrogen and oxygen atoms in total. The van der Waals surface area contributed by atoms with Crippen LogP contribution in [0.5, 0.6) is 0 Å². The van der Waals surface area contributed by atoms with E-state index in [0.717, 1.165) is 0 Å². The lowest BCUT2D eigenvalue weighted by molar-refractivity contribution is 2.51. The first-order chi connectivity index (χ1) is 1.89. The van der Waals surface area contributed by atoms with Gasteiger partial charge in [0.15, 0.2) is 0 Å². The molecule has 1 rings (SSSR count). The minimum absolute atomic E-state index is 0.380. The molecule has 0 fully saturated rings. The zero-order valence-corrected chi connectivity index (χ0v) is 3.50. The average molecular weight is 72.0 g/mol. The molecular weight excluding hydrogens is 67.0 g/mol. The van der Waals surface area contributed by atoms with Crippen molar-refractivity contribution in [2.24, 2.45) is 0 Å². The summed E-state index contributed by atoms with van der Waals surface area (Å²) in [5.41, 5.74) is 0. The predicted molar refractivity (Wildman–Crippen MR) is 25.0 cm³/mol. The van der Waals surface area contributed by atoms with Crippen molar-refractivity contribution in [1.82, 2.24) is 0 Å². The molecule has 1 aliphatic heterocycles. The Kier molecular flexibility index (Phi) is 0.285. The highest BCUT2D eigenvalue weighted by atomic mass is 31.1. The predicted octanol–water partition coefficient (Wildman–Crippen LogP) is 0.716. The summed E-state index contributed by atoms with van der Waals surface area (Å²) in [5, 5.41) is 0. The maximum Gasteiger partial charge on any atom is -0.0258 e. The highest BCUT2D eigenvalue weighted by Crippen LogP contribution is 2.05. The smallest absolute Gasteiger partial charge is 0.0258 e. The van der Waals surface area contributed by atoms with Crippen molar-refractivity contribution in [2.75, 3.05) is 6.66 Å². The van der Waals surface area contributed by atoms with Crippen LogP contribution in [0.2, 0.25) is 0 Å². The molecule has 0 N–H and O–H groups in total. The van der Waals surface area contributed by atoms with E-state index in [9.17, 15) is 0 Å². The minimum Gasteiger partial charge on any atom is -0.127 e. The zero-order valence-electron chi connectivity index (χ0n) is 2.60. The third kappa shape index (κ3) is 0.239. The molecule has 0 unspecified atom stereocenters. The molecule has 1 aliphatic rings. The summed E-state index contributed by atoms with van der Waals surface area (Å²) < 4.78 is 0. The summed E-state index contributed by atoms with van der Waals surface area (Å²) in [5.74, 6) is 4.46. The SMILES string of the molecule is CP1=CC=1. The van der Waals surface area contributed by atoms with E-state index in [1.165, 1.54) is 0 Å². The van der Waals surface area contributed by atoms with Crippen molar-refractivity contribution in [2.45, 2.75) is 0 Å². The molecule has 0 saturated heterocycles. The van der Waals surface area contributed by atoms with Crippen molar-refractivity contribution in [3.63, 3.8) is 0 Å². The first kappa shape index (κ1) is 2.29. The lowest BCUT2D eigenvalue weighted by Gasteiger charge is -1.33. The highest BCUT2D eigenvalue weighted by molar-refractivity contribution is 7.71. The van der Waals surface area contributed by atoms with Crippen LogP contribution in [0.4, 0.5) is 0 Å². The lowest BCUT2D eigenvalue weighted by Crippen LogP contribution is -1.28. The van der Waals surface area contributed by atoms with Gasteiger partial charge in [-0.2, -0.15) is 0 Å². The summed E-state index contributed by atoms with van der Waals surface area (Å²) in [6, 6.07) is 0. The van der Waals surface area contributed by atoms with E-state index in [4.69, 9.17) is 0 Å². The molecule has 22 valence electrons. The molecule has 1 heteroatoms. The van der Waals surface area contributed by atoms with E-state index < -0.39 is 0 Å². The average Bonchev–Trinajstić information content (AvgIpc) is 1.75. The second-order valence-corrected chi connectivity index (χ2v) is 2.89. The molecular formula is C3H5P. The second-order valence-electron chi connectivity index (χ2n) is 0.964. The van der Waals surface area contributed by atoms with E-state index in [1.807, 2.05) is 0 Å². The summed E-state index contributed by atoms with van der Waals surface area (Å²) in [7, 11) is 0.380. The largest absolute Gasteiger partial charge is 0.127 e. The molecule has 4 heavy (non-hydrogen) atoms. The Balaban J connectivity index is 3.01. The Morgan fingerprint density at radius 3 is 1.75 bits per heavy atom. The topological polar surface area (TPSA) is 0 Å². The van der Waals surface area contributed by atoms with Gasteiger partial charge in [0.2, 0.25) is 0 Å². The summed E-state index contributed by atoms with van der Waals surface area (Å²) >= 11 is 0. The quantitative estimate of drug-likeness (QED) is 0.370. The Hall–Kier alpha value is 0.0400. The van der Waals surface area contributed by atoms with E-state index in [-0.39, 0.29) is 0 Å². The van der Waals surface area contributed by atoms with Gasteiger partial charge in [0.25, 0.3) is 0 Å². The molecule has 0 aromatic carbocycles. The molecule has 0 aromatic rings. The van der Waals surface area contributed by atoms with Gasteiger partial charge in [-0.05, 0) is 18.3 Å². The van der Waals surface area contributed by atoms with Crippen molar-refractivity contribution in [3.05, 3.63) is 0 Å². The molecule has 0 atom stereocenters. The first-order valence-electron chi connectivity index (χ1n) is 1.30. The first-order valence-corrected chi connectivity index (χ1v) is 3.22. The van der Waals surface area contributed by atoms with Crippen LogP contribution in [0.3, 0.4) is 0 Å². The van der Waals surface area contributed by atoms with Crippen LogP contribution < -0.4 is 0 Å². The van der Waals surface area contributed by atoms with Crippen LogP contribution in [0, 0.1) is 0 Å². The van der Waals surface area contributed by atoms with Crippen LogP contribution in [-0.4, -0.2) is 18.3 Å². The van der Waals surface area contributed by atoms with Crippen LogP contribution >= 0.6 is 7.17 Å². The van der Waals surface area contributed by atoms with Crippen LogP contribution in [0.1, 0.15) is 0 Å². The molecule has 0 saturated carbocycles. The van der Waals surface area contributed by atoms with Crippen LogP contribution in [-0.2, 0) is 0 Å². The standard InChI is InChI=1S/C3H5P/c1-4-2-3-4/h2-3H,1H3. The van der Waals surface area contributed by atoms with Gasteiger partial charge in [-0.3, -0.25) is 0 Å². The van der Waals surface area contributed by atoms with E-state index in [2.05, 4.69) is 18.3 Å². The van der Waals surface area contributed by atoms with Crippen molar-refractivity contribution >= 4 is 18.8 Å². The Morgan fingerprint density at radius 2 is 1.75 bits per heavy atom. The molecule has 0 spiro atoms. The molecule has 0 bridgehead atoms. The van der Waals surface area contributed by atoms with Gasteiger partial charge < -0.3 is 0 Å². The number of rotatable bonds is 0. The monoisotopic (exact) mass is 72.0 g/mol. The van der Waals surface area contributed by atoms with Gasteiger partial charge in [-0.15, -0.1) is 7.17 Å². The molecule has 0 radical (unpaired) electrons. The Labute approximate surface area is 26.5 Å².